The maximum atomic E-state index is 12.7. The van der Waals surface area contributed by atoms with Crippen LogP contribution in [0.5, 0.6) is 0 Å². The van der Waals surface area contributed by atoms with Gasteiger partial charge in [0, 0.05) is 32.7 Å². The maximum Gasteiger partial charge on any atom is 0.227 e. The van der Waals surface area contributed by atoms with Gasteiger partial charge in [-0.3, -0.25) is 9.59 Å². The predicted molar refractivity (Wildman–Crippen MR) is 104 cm³/mol. The van der Waals surface area contributed by atoms with Crippen molar-refractivity contribution in [1.82, 2.24) is 15.5 Å². The van der Waals surface area contributed by atoms with Crippen LogP contribution in [0.1, 0.15) is 23.1 Å². The number of ether oxygens (including phenoxy) is 1. The zero-order valence-corrected chi connectivity index (χ0v) is 16.4. The van der Waals surface area contributed by atoms with Gasteiger partial charge in [0.25, 0.3) is 0 Å². The lowest BCUT2D eigenvalue weighted by Gasteiger charge is -2.34. The Balaban J connectivity index is 1.47. The molecular formula is C21H31N3O3. The predicted octanol–water partition coefficient (Wildman–Crippen LogP) is 1.05. The molecule has 2 N–H and O–H groups in total. The molecule has 27 heavy (non-hydrogen) atoms. The first-order valence-corrected chi connectivity index (χ1v) is 9.95. The topological polar surface area (TPSA) is 70.7 Å². The zero-order valence-electron chi connectivity index (χ0n) is 16.4. The maximum absolute atomic E-state index is 12.7. The van der Waals surface area contributed by atoms with Crippen molar-refractivity contribution in [2.45, 2.75) is 26.7 Å². The van der Waals surface area contributed by atoms with Gasteiger partial charge in [-0.2, -0.15) is 0 Å². The molecule has 2 fully saturated rings. The fourth-order valence-electron chi connectivity index (χ4n) is 3.91. The number of carbonyl (C=O) groups excluding carboxylic acids is 2. The van der Waals surface area contributed by atoms with E-state index in [-0.39, 0.29) is 23.7 Å². The Morgan fingerprint density at radius 1 is 1.19 bits per heavy atom. The summed E-state index contributed by atoms with van der Waals surface area (Å²) in [5.41, 5.74) is 3.77. The Kier molecular flexibility index (Phi) is 6.85. The number of benzene rings is 1. The Labute approximate surface area is 161 Å². The summed E-state index contributed by atoms with van der Waals surface area (Å²) in [6, 6.07) is 6.41. The molecular weight excluding hydrogens is 342 g/mol. The SMILES string of the molecule is Cc1ccc(C)c(CCNC(=O)[C@@H]2CNC[C@H](C(=O)N3CCOCC3)C2)c1. The van der Waals surface area contributed by atoms with E-state index in [4.69, 9.17) is 4.74 Å². The van der Waals surface area contributed by atoms with Crippen LogP contribution in [0.25, 0.3) is 0 Å². The number of hydrogen-bond acceptors (Lipinski definition) is 4. The number of amides is 2. The number of rotatable bonds is 5. The highest BCUT2D eigenvalue weighted by atomic mass is 16.5. The summed E-state index contributed by atoms with van der Waals surface area (Å²) in [6.45, 7) is 8.63. The summed E-state index contributed by atoms with van der Waals surface area (Å²) in [5, 5.41) is 6.33. The van der Waals surface area contributed by atoms with Gasteiger partial charge in [0.05, 0.1) is 25.0 Å². The standard InChI is InChI=1S/C21H31N3O3/c1-15-3-4-16(2)17(11-15)5-6-23-20(25)18-12-19(14-22-13-18)21(26)24-7-9-27-10-8-24/h3-4,11,18-19,22H,5-10,12-14H2,1-2H3,(H,23,25)/t18-,19+/m0/s1. The fraction of sp³-hybridized carbons (Fsp3) is 0.619. The van der Waals surface area contributed by atoms with Gasteiger partial charge in [0.2, 0.25) is 11.8 Å². The Morgan fingerprint density at radius 2 is 1.93 bits per heavy atom. The van der Waals surface area contributed by atoms with Gasteiger partial charge >= 0.3 is 0 Å². The molecule has 1 aromatic rings. The van der Waals surface area contributed by atoms with E-state index >= 15 is 0 Å². The van der Waals surface area contributed by atoms with Crippen LogP contribution < -0.4 is 10.6 Å². The number of morpholine rings is 1. The van der Waals surface area contributed by atoms with E-state index in [1.54, 1.807) is 0 Å². The molecule has 3 rings (SSSR count). The zero-order chi connectivity index (χ0) is 19.2. The van der Waals surface area contributed by atoms with Crippen molar-refractivity contribution in [2.75, 3.05) is 45.9 Å². The second kappa shape index (κ2) is 9.33. The molecule has 0 unspecified atom stereocenters. The molecule has 1 aromatic carbocycles. The van der Waals surface area contributed by atoms with Gasteiger partial charge in [-0.25, -0.2) is 0 Å². The molecule has 148 valence electrons. The minimum Gasteiger partial charge on any atom is -0.378 e. The van der Waals surface area contributed by atoms with Crippen LogP contribution in [0.3, 0.4) is 0 Å². The molecule has 6 heteroatoms. The van der Waals surface area contributed by atoms with Crippen LogP contribution in [0.4, 0.5) is 0 Å². The van der Waals surface area contributed by atoms with Crippen molar-refractivity contribution in [3.8, 4) is 0 Å². The van der Waals surface area contributed by atoms with Gasteiger partial charge in [-0.1, -0.05) is 23.8 Å². The number of nitrogens with zero attached hydrogens (tertiary/aromatic N) is 1. The van der Waals surface area contributed by atoms with Crippen LogP contribution in [-0.2, 0) is 20.7 Å². The van der Waals surface area contributed by atoms with Crippen molar-refractivity contribution in [2.24, 2.45) is 11.8 Å². The third-order valence-electron chi connectivity index (χ3n) is 5.59. The van der Waals surface area contributed by atoms with E-state index < -0.39 is 0 Å². The van der Waals surface area contributed by atoms with E-state index in [2.05, 4.69) is 42.7 Å². The largest absolute Gasteiger partial charge is 0.378 e. The quantitative estimate of drug-likeness (QED) is 0.809. The molecule has 0 saturated carbocycles. The van der Waals surface area contributed by atoms with Crippen molar-refractivity contribution in [3.05, 3.63) is 34.9 Å². The summed E-state index contributed by atoms with van der Waals surface area (Å²) < 4.78 is 5.32. The third kappa shape index (κ3) is 5.30. The molecule has 2 saturated heterocycles. The molecule has 0 spiro atoms. The number of aryl methyl sites for hydroxylation is 2. The van der Waals surface area contributed by atoms with Crippen LogP contribution in [0, 0.1) is 25.7 Å². The summed E-state index contributed by atoms with van der Waals surface area (Å²) in [7, 11) is 0. The van der Waals surface area contributed by atoms with Gasteiger partial charge in [0.15, 0.2) is 0 Å². The second-order valence-corrected chi connectivity index (χ2v) is 7.70. The molecule has 0 aliphatic carbocycles. The lowest BCUT2D eigenvalue weighted by Crippen LogP contribution is -2.51. The Bertz CT molecular complexity index is 671. The summed E-state index contributed by atoms with van der Waals surface area (Å²) >= 11 is 0. The number of carbonyl (C=O) groups is 2. The molecule has 2 atom stereocenters. The third-order valence-corrected chi connectivity index (χ3v) is 5.59. The van der Waals surface area contributed by atoms with Gasteiger partial charge in [0.1, 0.15) is 0 Å². The molecule has 2 aliphatic heterocycles. The summed E-state index contributed by atoms with van der Waals surface area (Å²) in [5.74, 6) is -0.0649. The highest BCUT2D eigenvalue weighted by Crippen LogP contribution is 2.20. The smallest absolute Gasteiger partial charge is 0.227 e. The first-order valence-electron chi connectivity index (χ1n) is 9.95. The number of hydrogen-bond donors (Lipinski definition) is 2. The van der Waals surface area contributed by atoms with Crippen LogP contribution in [0.2, 0.25) is 0 Å². The monoisotopic (exact) mass is 373 g/mol. The van der Waals surface area contributed by atoms with Crippen LogP contribution in [-0.4, -0.2) is 62.7 Å². The highest BCUT2D eigenvalue weighted by Gasteiger charge is 2.33. The minimum atomic E-state index is -0.146. The lowest BCUT2D eigenvalue weighted by molar-refractivity contribution is -0.141. The molecule has 0 aromatic heterocycles. The average Bonchev–Trinajstić information content (AvgIpc) is 2.70. The van der Waals surface area contributed by atoms with E-state index in [1.807, 2.05) is 4.90 Å². The van der Waals surface area contributed by atoms with Gasteiger partial charge in [-0.05, 0) is 37.8 Å². The lowest BCUT2D eigenvalue weighted by atomic mass is 9.88. The average molecular weight is 373 g/mol. The van der Waals surface area contributed by atoms with E-state index in [0.29, 0.717) is 52.4 Å². The van der Waals surface area contributed by atoms with Gasteiger partial charge in [-0.15, -0.1) is 0 Å². The molecule has 0 radical (unpaired) electrons. The Hall–Kier alpha value is -1.92. The van der Waals surface area contributed by atoms with Crippen molar-refractivity contribution < 1.29 is 14.3 Å². The summed E-state index contributed by atoms with van der Waals surface area (Å²) in [4.78, 5) is 27.1. The molecule has 2 amide bonds. The van der Waals surface area contributed by atoms with E-state index in [9.17, 15) is 9.59 Å². The van der Waals surface area contributed by atoms with E-state index in [0.717, 1.165) is 6.42 Å². The molecule has 0 bridgehead atoms. The fourth-order valence-corrected chi connectivity index (χ4v) is 3.91. The number of nitrogens with one attached hydrogen (secondary N) is 2. The molecule has 2 aliphatic rings. The summed E-state index contributed by atoms with van der Waals surface area (Å²) in [6.07, 6.45) is 1.45. The minimum absolute atomic E-state index is 0.0484. The van der Waals surface area contributed by atoms with E-state index in [1.165, 1.54) is 16.7 Å². The van der Waals surface area contributed by atoms with Crippen molar-refractivity contribution in [3.63, 3.8) is 0 Å². The van der Waals surface area contributed by atoms with Crippen molar-refractivity contribution in [1.29, 1.82) is 0 Å². The number of piperidine rings is 1. The Morgan fingerprint density at radius 3 is 2.70 bits per heavy atom. The van der Waals surface area contributed by atoms with Crippen molar-refractivity contribution >= 4 is 11.8 Å². The molecule has 6 nitrogen and oxygen atoms in total. The second-order valence-electron chi connectivity index (χ2n) is 7.70. The van der Waals surface area contributed by atoms with Gasteiger partial charge < -0.3 is 20.3 Å². The molecule has 2 heterocycles. The first kappa shape index (κ1) is 19.8. The van der Waals surface area contributed by atoms with Crippen LogP contribution >= 0.6 is 0 Å². The normalized spacial score (nSPS) is 23.1. The van der Waals surface area contributed by atoms with Crippen LogP contribution in [0.15, 0.2) is 18.2 Å². The first-order chi connectivity index (χ1) is 13.0. The highest BCUT2D eigenvalue weighted by molar-refractivity contribution is 5.83.